The van der Waals surface area contributed by atoms with Crippen LogP contribution in [0.15, 0.2) is 76.9 Å². The number of hydrogen-bond donors (Lipinski definition) is 10. The minimum absolute atomic E-state index is 0.0432. The minimum Gasteiger partial charge on any atom is -0.390 e. The van der Waals surface area contributed by atoms with E-state index in [4.69, 9.17) is 20.9 Å². The SMILES string of the molecule is CC1COCC12CCN(c1ncc(C(C)(C)C)[nH]c1=O)CC2.CCC1(F)CCN(c2ncc(C(C)(C)C)[nH]c2=O)CC1.CCC1(O)CCN(c2ncc(C(C)(C)C)[nH]c2=O)CC1.C[C@@H]1CCC2(C1)CN(c1ncc(C(C)(C)C)[nH]c1=O)C2.C[C@@H]1OCC2(CCN(c3ncc(C(C)(C)C)[nH]c3=O)CC2)[C@@H]1N.C[C@H]1CCC2(C1)CN(c1ncc(C(C)(C)C)[nH]c1=O)C2.C[C@H]1C[C@@H](N)C2(CCN(c3ncc(C(C)(C)C)[nH]c3=O)CC2)C1. The van der Waals surface area contributed by atoms with Crippen molar-refractivity contribution in [1.29, 1.82) is 0 Å². The lowest BCUT2D eigenvalue weighted by Crippen LogP contribution is -2.57. The van der Waals surface area contributed by atoms with E-state index in [0.29, 0.717) is 127 Å². The lowest BCUT2D eigenvalue weighted by Gasteiger charge is -2.48. The maximum absolute atomic E-state index is 14.2. The van der Waals surface area contributed by atoms with Gasteiger partial charge >= 0.3 is 0 Å². The lowest BCUT2D eigenvalue weighted by atomic mass is 9.72. The number of nitrogens with two attached hydrogens (primary N) is 2. The molecule has 19 rings (SSSR count). The highest BCUT2D eigenvalue weighted by Crippen LogP contribution is 2.53. The van der Waals surface area contributed by atoms with Crippen LogP contribution in [0.2, 0.25) is 0 Å². The zero-order chi connectivity index (χ0) is 109. The number of rotatable bonds is 9. The molecule has 0 bridgehead atoms. The van der Waals surface area contributed by atoms with Crippen LogP contribution in [0.1, 0.15) is 362 Å². The van der Waals surface area contributed by atoms with Gasteiger partial charge in [-0.3, -0.25) is 33.6 Å². The number of aromatic nitrogens is 14. The van der Waals surface area contributed by atoms with Crippen molar-refractivity contribution in [3.05, 3.63) is 156 Å². The van der Waals surface area contributed by atoms with Gasteiger partial charge in [0.25, 0.3) is 38.9 Å². The first-order valence-corrected chi connectivity index (χ1v) is 55.4. The topological polar surface area (TPSA) is 434 Å². The molecule has 5 spiro atoms. The van der Waals surface area contributed by atoms with Crippen LogP contribution in [0.3, 0.4) is 0 Å². The Labute approximate surface area is 878 Å². The standard InChI is InChI=1S/C18H30N4O.C17H28N4O2.C17H27N3O2.2C16H25N3O.C15H24FN3O.C15H25N3O2/c1-12-9-13(19)18(10-12)5-7-22(8-6-18)15-16(23)21-14(11-20-15)17(2,3)4;1-11-13(18)17(10-23-11)5-7-21(8-6-17)14-15(22)20-12(9-19-14)16(2,3)4;1-12-10-22-11-17(12)5-7-20(8-6-17)14-15(21)19-13(9-18-14)16(2,3)4;2*1-11-5-6-16(7-11)9-19(10-16)13-14(20)18-12(8-17-13)15(2,3)4;1-5-15(16)6-8-19(9-7-15)12-13(20)18-11(10-17-12)14(2,3)4;1-5-15(20)6-8-18(9-7-15)12-13(19)17-11(10-16-12)14(2,3)4/h11-13H,5-10,19H2,1-4H3,(H,21,23);9,11,13H,5-8,10,18H2,1-4H3,(H,20,22);9,12H,5-8,10-11H2,1-4H3,(H,19,21);2*8,11H,5-7,9-10H2,1-4H3,(H,18,20);10H,5-9H2,1-4H3,(H,18,20);10,20H,5-9H2,1-4H3,(H,17,19)/t12-,13+;11-,13+;;2*11-;;/m00.10../s1. The Morgan fingerprint density at radius 3 is 0.811 bits per heavy atom. The summed E-state index contributed by atoms with van der Waals surface area (Å²) in [6.07, 6.45) is 32.7. The summed E-state index contributed by atoms with van der Waals surface area (Å²) in [7, 11) is 0. The summed E-state index contributed by atoms with van der Waals surface area (Å²) in [5, 5.41) is 10.2. The summed E-state index contributed by atoms with van der Waals surface area (Å²) in [6.45, 7) is 72.6. The molecule has 822 valence electrons. The second-order valence-electron chi connectivity index (χ2n) is 54.0. The van der Waals surface area contributed by atoms with E-state index < -0.39 is 11.3 Å². The Morgan fingerprint density at radius 2 is 0.601 bits per heavy atom. The van der Waals surface area contributed by atoms with Gasteiger partial charge in [-0.15, -0.1) is 0 Å². The smallest absolute Gasteiger partial charge is 0.291 e. The Balaban J connectivity index is 0.000000144. The monoisotopic (exact) mass is 2050 g/mol. The zero-order valence-corrected chi connectivity index (χ0v) is 95.2. The van der Waals surface area contributed by atoms with Crippen LogP contribution in [0.25, 0.3) is 0 Å². The molecular formula is C114H184FN23O10. The molecule has 12 N–H and O–H groups in total. The number of halogens is 1. The van der Waals surface area contributed by atoms with Gasteiger partial charge in [0.15, 0.2) is 40.7 Å². The van der Waals surface area contributed by atoms with E-state index in [1.165, 1.54) is 44.9 Å². The molecule has 1 unspecified atom stereocenters. The molecular weight excluding hydrogens is 1870 g/mol. The van der Waals surface area contributed by atoms with Gasteiger partial charge in [0.1, 0.15) is 5.67 Å². The fraction of sp³-hybridized carbons (Fsp3) is 0.754. The predicted octanol–water partition coefficient (Wildman–Crippen LogP) is 16.1. The number of alkyl halides is 1. The highest BCUT2D eigenvalue weighted by atomic mass is 19.1. The number of aliphatic hydroxyl groups is 1. The van der Waals surface area contributed by atoms with Crippen LogP contribution in [-0.4, -0.2) is 216 Å². The van der Waals surface area contributed by atoms with Gasteiger partial charge in [-0.1, -0.05) is 200 Å². The first kappa shape index (κ1) is 116. The van der Waals surface area contributed by atoms with Crippen LogP contribution in [0.5, 0.6) is 0 Å². The maximum atomic E-state index is 14.2. The summed E-state index contributed by atoms with van der Waals surface area (Å²) in [6, 6.07) is 0.397. The summed E-state index contributed by atoms with van der Waals surface area (Å²) in [5.74, 6) is 6.75. The van der Waals surface area contributed by atoms with Crippen molar-refractivity contribution < 1.29 is 19.0 Å². The highest BCUT2D eigenvalue weighted by Gasteiger charge is 2.53. The number of anilines is 7. The number of nitrogens with zero attached hydrogens (tertiary/aromatic N) is 14. The van der Waals surface area contributed by atoms with Gasteiger partial charge in [0, 0.05) is 253 Å². The van der Waals surface area contributed by atoms with E-state index in [0.717, 1.165) is 194 Å². The lowest BCUT2D eigenvalue weighted by molar-refractivity contribution is 0.0124. The third-order valence-electron chi connectivity index (χ3n) is 34.9. The van der Waals surface area contributed by atoms with Crippen molar-refractivity contribution in [2.75, 3.05) is 146 Å². The fourth-order valence-corrected chi connectivity index (χ4v) is 23.9. The van der Waals surface area contributed by atoms with Crippen molar-refractivity contribution >= 4 is 40.7 Å². The van der Waals surface area contributed by atoms with E-state index in [2.05, 4.69) is 226 Å². The molecule has 0 aromatic carbocycles. The fourth-order valence-electron chi connectivity index (χ4n) is 23.9. The predicted molar refractivity (Wildman–Crippen MR) is 594 cm³/mol. The molecule has 7 aromatic rings. The van der Waals surface area contributed by atoms with Crippen molar-refractivity contribution in [3.8, 4) is 0 Å². The third-order valence-corrected chi connectivity index (χ3v) is 34.9. The van der Waals surface area contributed by atoms with E-state index in [-0.39, 0.29) is 99.8 Å². The molecule has 0 radical (unpaired) electrons. The van der Waals surface area contributed by atoms with Crippen molar-refractivity contribution in [2.45, 2.75) is 390 Å². The van der Waals surface area contributed by atoms with Gasteiger partial charge in [0.2, 0.25) is 0 Å². The molecule has 7 aromatic heterocycles. The van der Waals surface area contributed by atoms with E-state index >= 15 is 0 Å². The van der Waals surface area contributed by atoms with E-state index in [9.17, 15) is 43.1 Å². The molecule has 3 aliphatic carbocycles. The first-order chi connectivity index (χ1) is 68.8. The van der Waals surface area contributed by atoms with Gasteiger partial charge in [-0.05, 0) is 152 Å². The summed E-state index contributed by atoms with van der Waals surface area (Å²) in [4.78, 5) is 152. The van der Waals surface area contributed by atoms with E-state index in [1.807, 2.05) is 96.9 Å². The van der Waals surface area contributed by atoms with Crippen LogP contribution < -0.4 is 84.7 Å². The highest BCUT2D eigenvalue weighted by molar-refractivity contribution is 5.46. The normalized spacial score (nSPS) is 24.2. The number of ether oxygens (including phenoxy) is 2. The second kappa shape index (κ2) is 44.7. The Bertz CT molecular complexity index is 5790. The van der Waals surface area contributed by atoms with E-state index in [1.54, 1.807) is 18.6 Å². The number of piperidine rings is 5. The summed E-state index contributed by atoms with van der Waals surface area (Å²) < 4.78 is 25.6. The average Bonchev–Trinajstić information content (AvgIpc) is 1.56. The second-order valence-corrected chi connectivity index (χ2v) is 54.0. The van der Waals surface area contributed by atoms with Crippen molar-refractivity contribution in [1.82, 2.24) is 69.8 Å². The molecule has 148 heavy (non-hydrogen) atoms. The van der Waals surface area contributed by atoms with Crippen molar-refractivity contribution in [2.24, 2.45) is 62.2 Å². The van der Waals surface area contributed by atoms with Gasteiger partial charge in [-0.2, -0.15) is 0 Å². The number of hydrogen-bond acceptors (Lipinski definition) is 26. The third kappa shape index (κ3) is 27.2. The van der Waals surface area contributed by atoms with Crippen LogP contribution in [-0.2, 0) is 47.4 Å². The Kier molecular flexibility index (Phi) is 34.9. The molecule has 0 amide bonds. The average molecular weight is 2060 g/mol. The number of nitrogens with one attached hydrogen (secondary N) is 7. The molecule has 33 nitrogen and oxygen atoms in total. The summed E-state index contributed by atoms with van der Waals surface area (Å²) in [5.41, 5.74) is 17.5. The zero-order valence-electron chi connectivity index (χ0n) is 95.2. The quantitative estimate of drug-likeness (QED) is 0.0641. The van der Waals surface area contributed by atoms with Gasteiger partial charge < -0.3 is 95.2 Å². The van der Waals surface area contributed by atoms with Crippen molar-refractivity contribution in [3.63, 3.8) is 0 Å². The minimum atomic E-state index is -1.07. The molecule has 16 heterocycles. The van der Waals surface area contributed by atoms with Crippen LogP contribution in [0, 0.1) is 50.7 Å². The van der Waals surface area contributed by atoms with Crippen LogP contribution in [0.4, 0.5) is 45.1 Å². The molecule has 9 aliphatic heterocycles. The summed E-state index contributed by atoms with van der Waals surface area (Å²) >= 11 is 0. The molecule has 34 heteroatoms. The molecule has 3 saturated carbocycles. The molecule has 12 fully saturated rings. The Morgan fingerprint density at radius 1 is 0.345 bits per heavy atom. The molecule has 9 saturated heterocycles. The Hall–Kier alpha value is -9.51. The number of aromatic amines is 7. The van der Waals surface area contributed by atoms with Gasteiger partial charge in [0.05, 0.1) is 24.9 Å². The largest absolute Gasteiger partial charge is 0.390 e. The molecule has 12 aliphatic rings. The molecule has 7 atom stereocenters. The maximum Gasteiger partial charge on any atom is 0.291 e. The number of H-pyrrole nitrogens is 7. The van der Waals surface area contributed by atoms with Gasteiger partial charge in [-0.25, -0.2) is 39.3 Å². The van der Waals surface area contributed by atoms with Crippen LogP contribution >= 0.6 is 0 Å². The first-order valence-electron chi connectivity index (χ1n) is 55.4.